The third-order valence-corrected chi connectivity index (χ3v) is 4.73. The fourth-order valence-corrected chi connectivity index (χ4v) is 3.22. The number of aryl methyl sites for hydroxylation is 1. The highest BCUT2D eigenvalue weighted by molar-refractivity contribution is 5.83. The third kappa shape index (κ3) is 4.13. The van der Waals surface area contributed by atoms with Crippen molar-refractivity contribution in [3.05, 3.63) is 78.1 Å². The Hall–Kier alpha value is -3.61. The van der Waals surface area contributed by atoms with E-state index >= 15 is 0 Å². The molecule has 2 heterocycles. The van der Waals surface area contributed by atoms with Gasteiger partial charge in [-0.15, -0.1) is 10.2 Å². The highest BCUT2D eigenvalue weighted by Crippen LogP contribution is 2.24. The van der Waals surface area contributed by atoms with Crippen LogP contribution in [0.4, 0.5) is 0 Å². The summed E-state index contributed by atoms with van der Waals surface area (Å²) < 4.78 is 7.92. The predicted octanol–water partition coefficient (Wildman–Crippen LogP) is 3.58. The highest BCUT2D eigenvalue weighted by Gasteiger charge is 2.11. The van der Waals surface area contributed by atoms with Crippen molar-refractivity contribution in [2.24, 2.45) is 4.99 Å². The zero-order chi connectivity index (χ0) is 20.1. The Morgan fingerprint density at radius 1 is 1.07 bits per heavy atom. The molecule has 29 heavy (non-hydrogen) atoms. The quantitative estimate of drug-likeness (QED) is 0.390. The molecular weight excluding hydrogens is 364 g/mol. The molecule has 0 saturated heterocycles. The molecule has 2 aromatic heterocycles. The van der Waals surface area contributed by atoms with Crippen LogP contribution in [-0.2, 0) is 13.1 Å². The molecule has 0 spiro atoms. The molecule has 0 aliphatic heterocycles. The van der Waals surface area contributed by atoms with Gasteiger partial charge in [-0.2, -0.15) is 0 Å². The number of benzene rings is 2. The Morgan fingerprint density at radius 2 is 1.86 bits per heavy atom. The lowest BCUT2D eigenvalue weighted by Crippen LogP contribution is -2.36. The lowest BCUT2D eigenvalue weighted by molar-refractivity contribution is 0.534. The number of aliphatic imine (C=N–C) groups is 1. The zero-order valence-electron chi connectivity index (χ0n) is 16.6. The zero-order valence-corrected chi connectivity index (χ0v) is 16.6. The summed E-state index contributed by atoms with van der Waals surface area (Å²) in [5.41, 5.74) is 3.06. The number of nitrogens with one attached hydrogen (secondary N) is 2. The monoisotopic (exact) mass is 388 g/mol. The van der Waals surface area contributed by atoms with Crippen molar-refractivity contribution in [3.63, 3.8) is 0 Å². The van der Waals surface area contributed by atoms with E-state index in [0.717, 1.165) is 40.3 Å². The number of furan rings is 1. The van der Waals surface area contributed by atoms with Crippen LogP contribution in [0.15, 0.2) is 70.3 Å². The SMILES string of the molecule is CCNC(=NCc1nncn1-c1ccccc1)NCc1oc2ccccc2c1C. The first-order valence-corrected chi connectivity index (χ1v) is 9.69. The standard InChI is InChI=1S/C22H24N6O/c1-3-23-22(24-13-20-16(2)18-11-7-8-12-19(18)29-20)25-14-21-27-26-15-28(21)17-9-5-4-6-10-17/h4-12,15H,3,13-14H2,1-2H3,(H2,23,24,25). The summed E-state index contributed by atoms with van der Waals surface area (Å²) in [6, 6.07) is 18.1. The van der Waals surface area contributed by atoms with E-state index in [1.54, 1.807) is 6.33 Å². The molecule has 4 aromatic rings. The molecule has 0 aliphatic rings. The van der Waals surface area contributed by atoms with Gasteiger partial charge in [0.1, 0.15) is 24.2 Å². The maximum atomic E-state index is 5.98. The summed E-state index contributed by atoms with van der Waals surface area (Å²) in [6.45, 7) is 5.84. The molecule has 0 bridgehead atoms. The van der Waals surface area contributed by atoms with E-state index in [1.807, 2.05) is 60.0 Å². The first-order valence-electron chi connectivity index (χ1n) is 9.69. The van der Waals surface area contributed by atoms with Crippen molar-refractivity contribution in [2.75, 3.05) is 6.54 Å². The van der Waals surface area contributed by atoms with Crippen LogP contribution in [0.25, 0.3) is 16.7 Å². The fourth-order valence-electron chi connectivity index (χ4n) is 3.22. The Balaban J connectivity index is 1.49. The van der Waals surface area contributed by atoms with Gasteiger partial charge < -0.3 is 15.1 Å². The smallest absolute Gasteiger partial charge is 0.192 e. The third-order valence-electron chi connectivity index (χ3n) is 4.73. The van der Waals surface area contributed by atoms with Crippen LogP contribution in [0, 0.1) is 6.92 Å². The predicted molar refractivity (Wildman–Crippen MR) is 114 cm³/mol. The number of nitrogens with zero attached hydrogens (tertiary/aromatic N) is 4. The molecule has 0 radical (unpaired) electrons. The molecule has 0 saturated carbocycles. The van der Waals surface area contributed by atoms with Crippen LogP contribution in [-0.4, -0.2) is 27.3 Å². The topological polar surface area (TPSA) is 80.3 Å². The van der Waals surface area contributed by atoms with Crippen molar-refractivity contribution >= 4 is 16.9 Å². The van der Waals surface area contributed by atoms with Crippen molar-refractivity contribution < 1.29 is 4.42 Å². The molecule has 148 valence electrons. The van der Waals surface area contributed by atoms with Crippen LogP contribution in [0.1, 0.15) is 24.1 Å². The normalized spacial score (nSPS) is 11.7. The molecule has 7 nitrogen and oxygen atoms in total. The van der Waals surface area contributed by atoms with Gasteiger partial charge in [0.15, 0.2) is 11.8 Å². The van der Waals surface area contributed by atoms with Crippen LogP contribution < -0.4 is 10.6 Å². The number of aromatic nitrogens is 3. The van der Waals surface area contributed by atoms with E-state index in [2.05, 4.69) is 38.8 Å². The van der Waals surface area contributed by atoms with Crippen LogP contribution in [0.5, 0.6) is 0 Å². The van der Waals surface area contributed by atoms with Crippen LogP contribution >= 0.6 is 0 Å². The summed E-state index contributed by atoms with van der Waals surface area (Å²) in [5.74, 6) is 2.38. The van der Waals surface area contributed by atoms with Crippen LogP contribution in [0.2, 0.25) is 0 Å². The summed E-state index contributed by atoms with van der Waals surface area (Å²) in [4.78, 5) is 4.67. The minimum Gasteiger partial charge on any atom is -0.459 e. The number of fused-ring (bicyclic) bond motifs is 1. The molecule has 4 rings (SSSR count). The second kappa shape index (κ2) is 8.60. The second-order valence-electron chi connectivity index (χ2n) is 6.65. The molecule has 2 N–H and O–H groups in total. The van der Waals surface area contributed by atoms with Crippen LogP contribution in [0.3, 0.4) is 0 Å². The fraction of sp³-hybridized carbons (Fsp3) is 0.227. The molecule has 2 aromatic carbocycles. The minimum atomic E-state index is 0.406. The van der Waals surface area contributed by atoms with E-state index in [4.69, 9.17) is 4.42 Å². The number of guanidine groups is 1. The molecule has 0 unspecified atom stereocenters. The summed E-state index contributed by atoms with van der Waals surface area (Å²) in [5, 5.41) is 16.0. The highest BCUT2D eigenvalue weighted by atomic mass is 16.3. The van der Waals surface area contributed by atoms with E-state index in [0.29, 0.717) is 19.0 Å². The van der Waals surface area contributed by atoms with Crippen molar-refractivity contribution in [3.8, 4) is 5.69 Å². The average Bonchev–Trinajstić information content (AvgIpc) is 3.35. The summed E-state index contributed by atoms with van der Waals surface area (Å²) in [7, 11) is 0. The Morgan fingerprint density at radius 3 is 2.66 bits per heavy atom. The van der Waals surface area contributed by atoms with E-state index in [-0.39, 0.29) is 0 Å². The molecule has 0 fully saturated rings. The van der Waals surface area contributed by atoms with Gasteiger partial charge in [-0.1, -0.05) is 36.4 Å². The van der Waals surface area contributed by atoms with Gasteiger partial charge in [-0.3, -0.25) is 4.57 Å². The second-order valence-corrected chi connectivity index (χ2v) is 6.65. The van der Waals surface area contributed by atoms with Gasteiger partial charge in [0.2, 0.25) is 0 Å². The first kappa shape index (κ1) is 18.7. The van der Waals surface area contributed by atoms with Gasteiger partial charge in [0.05, 0.1) is 6.54 Å². The van der Waals surface area contributed by atoms with Crippen molar-refractivity contribution in [2.45, 2.75) is 26.9 Å². The number of hydrogen-bond acceptors (Lipinski definition) is 4. The van der Waals surface area contributed by atoms with E-state index in [9.17, 15) is 0 Å². The van der Waals surface area contributed by atoms with Gasteiger partial charge in [0.25, 0.3) is 0 Å². The lowest BCUT2D eigenvalue weighted by Gasteiger charge is -2.11. The molecular formula is C22H24N6O. The van der Waals surface area contributed by atoms with Crippen molar-refractivity contribution in [1.29, 1.82) is 0 Å². The number of hydrogen-bond donors (Lipinski definition) is 2. The average molecular weight is 388 g/mol. The summed E-state index contributed by atoms with van der Waals surface area (Å²) >= 11 is 0. The van der Waals surface area contributed by atoms with Gasteiger partial charge in [-0.25, -0.2) is 4.99 Å². The molecule has 7 heteroatoms. The lowest BCUT2D eigenvalue weighted by atomic mass is 10.1. The van der Waals surface area contributed by atoms with Gasteiger partial charge in [-0.05, 0) is 32.0 Å². The maximum absolute atomic E-state index is 5.98. The van der Waals surface area contributed by atoms with E-state index in [1.165, 1.54) is 0 Å². The number of para-hydroxylation sites is 2. The largest absolute Gasteiger partial charge is 0.459 e. The first-order chi connectivity index (χ1) is 14.3. The van der Waals surface area contributed by atoms with E-state index < -0.39 is 0 Å². The number of rotatable bonds is 6. The molecule has 0 atom stereocenters. The minimum absolute atomic E-state index is 0.406. The Labute approximate surface area is 169 Å². The molecule has 0 aliphatic carbocycles. The van der Waals surface area contributed by atoms with Gasteiger partial charge >= 0.3 is 0 Å². The summed E-state index contributed by atoms with van der Waals surface area (Å²) in [6.07, 6.45) is 1.71. The van der Waals surface area contributed by atoms with Gasteiger partial charge in [0, 0.05) is 23.2 Å². The van der Waals surface area contributed by atoms with Crippen molar-refractivity contribution in [1.82, 2.24) is 25.4 Å². The molecule has 0 amide bonds. The maximum Gasteiger partial charge on any atom is 0.192 e. The Kier molecular flexibility index (Phi) is 5.56. The Bertz CT molecular complexity index is 1110.